The van der Waals surface area contributed by atoms with Crippen molar-refractivity contribution in [1.29, 1.82) is 0 Å². The Hall–Kier alpha value is -1.30. The molecule has 0 aliphatic carbocycles. The minimum Gasteiger partial charge on any atom is -0.353 e. The van der Waals surface area contributed by atoms with E-state index >= 15 is 0 Å². The molecule has 1 fully saturated rings. The molecule has 1 saturated heterocycles. The molecule has 2 amide bonds. The topological polar surface area (TPSA) is 52.7 Å². The molecular formula is C19H27Cl2N3O2. The molecule has 1 N–H and O–H groups in total. The maximum absolute atomic E-state index is 12.8. The van der Waals surface area contributed by atoms with Gasteiger partial charge < -0.3 is 10.2 Å². The molecule has 1 heterocycles. The molecule has 0 bridgehead atoms. The summed E-state index contributed by atoms with van der Waals surface area (Å²) in [6.07, 6.45) is 1.46. The van der Waals surface area contributed by atoms with Crippen molar-refractivity contribution in [2.75, 3.05) is 26.2 Å². The van der Waals surface area contributed by atoms with Crippen molar-refractivity contribution in [2.24, 2.45) is 0 Å². The van der Waals surface area contributed by atoms with Crippen LogP contribution in [0.3, 0.4) is 0 Å². The Labute approximate surface area is 165 Å². The Morgan fingerprint density at radius 3 is 2.73 bits per heavy atom. The van der Waals surface area contributed by atoms with E-state index < -0.39 is 6.04 Å². The third kappa shape index (κ3) is 5.12. The average molecular weight is 400 g/mol. The van der Waals surface area contributed by atoms with Crippen LogP contribution in [0.4, 0.5) is 0 Å². The van der Waals surface area contributed by atoms with Crippen LogP contribution in [0.5, 0.6) is 0 Å². The number of nitrogens with one attached hydrogen (secondary N) is 1. The number of carbonyl (C=O) groups is 2. The number of amides is 2. The molecule has 26 heavy (non-hydrogen) atoms. The third-order valence-corrected chi connectivity index (χ3v) is 5.37. The number of halogens is 2. The highest BCUT2D eigenvalue weighted by Gasteiger charge is 2.35. The van der Waals surface area contributed by atoms with Crippen LogP contribution in [0, 0.1) is 0 Å². The van der Waals surface area contributed by atoms with E-state index in [-0.39, 0.29) is 11.8 Å². The van der Waals surface area contributed by atoms with Gasteiger partial charge in [-0.1, -0.05) is 30.1 Å². The van der Waals surface area contributed by atoms with E-state index in [1.54, 1.807) is 23.1 Å². The second kappa shape index (κ2) is 9.58. The van der Waals surface area contributed by atoms with Gasteiger partial charge in [-0.05, 0) is 51.4 Å². The molecule has 1 unspecified atom stereocenters. The van der Waals surface area contributed by atoms with E-state index in [0.717, 1.165) is 19.5 Å². The number of carbonyl (C=O) groups excluding carboxylic acids is 2. The zero-order valence-electron chi connectivity index (χ0n) is 15.6. The van der Waals surface area contributed by atoms with Gasteiger partial charge in [-0.25, -0.2) is 0 Å². The average Bonchev–Trinajstić information content (AvgIpc) is 3.09. The second-order valence-electron chi connectivity index (χ2n) is 6.79. The van der Waals surface area contributed by atoms with Crippen molar-refractivity contribution in [2.45, 2.75) is 45.7 Å². The molecule has 1 atom stereocenters. The van der Waals surface area contributed by atoms with Crippen molar-refractivity contribution >= 4 is 35.0 Å². The number of rotatable bonds is 7. The lowest BCUT2D eigenvalue weighted by atomic mass is 10.1. The summed E-state index contributed by atoms with van der Waals surface area (Å²) in [5.74, 6) is -0.346. The van der Waals surface area contributed by atoms with E-state index in [1.165, 1.54) is 0 Å². The first-order chi connectivity index (χ1) is 12.3. The van der Waals surface area contributed by atoms with Crippen molar-refractivity contribution in [3.05, 3.63) is 33.8 Å². The molecule has 0 aromatic heterocycles. The largest absolute Gasteiger partial charge is 0.353 e. The smallest absolute Gasteiger partial charge is 0.256 e. The molecule has 5 nitrogen and oxygen atoms in total. The lowest BCUT2D eigenvalue weighted by Crippen LogP contribution is -2.48. The predicted octanol–water partition coefficient (Wildman–Crippen LogP) is 3.44. The fourth-order valence-corrected chi connectivity index (χ4v) is 3.69. The van der Waals surface area contributed by atoms with Crippen molar-refractivity contribution in [1.82, 2.24) is 15.1 Å². The number of hydrogen-bond acceptors (Lipinski definition) is 3. The van der Waals surface area contributed by atoms with Crippen LogP contribution in [0.15, 0.2) is 18.2 Å². The van der Waals surface area contributed by atoms with E-state index in [1.807, 2.05) is 0 Å². The van der Waals surface area contributed by atoms with Crippen LogP contribution >= 0.6 is 23.2 Å². The molecule has 2 rings (SSSR count). The summed E-state index contributed by atoms with van der Waals surface area (Å²) in [6.45, 7) is 9.23. The second-order valence-corrected chi connectivity index (χ2v) is 7.64. The van der Waals surface area contributed by atoms with Crippen molar-refractivity contribution in [3.63, 3.8) is 0 Å². The van der Waals surface area contributed by atoms with Crippen LogP contribution in [0.25, 0.3) is 0 Å². The van der Waals surface area contributed by atoms with E-state index in [2.05, 4.69) is 31.0 Å². The van der Waals surface area contributed by atoms with Crippen molar-refractivity contribution < 1.29 is 9.59 Å². The van der Waals surface area contributed by atoms with E-state index in [4.69, 9.17) is 23.2 Å². The first-order valence-electron chi connectivity index (χ1n) is 9.13. The summed E-state index contributed by atoms with van der Waals surface area (Å²) in [6, 6.07) is 4.79. The zero-order valence-corrected chi connectivity index (χ0v) is 17.1. The fraction of sp³-hybridized carbons (Fsp3) is 0.579. The molecule has 1 aliphatic heterocycles. The van der Waals surface area contributed by atoms with Gasteiger partial charge in [0.1, 0.15) is 6.04 Å². The maximum atomic E-state index is 12.8. The van der Waals surface area contributed by atoms with E-state index in [9.17, 15) is 9.59 Å². The highest BCUT2D eigenvalue weighted by atomic mass is 35.5. The van der Waals surface area contributed by atoms with Gasteiger partial charge in [0.25, 0.3) is 5.91 Å². The molecule has 0 spiro atoms. The number of nitrogens with zero attached hydrogens (tertiary/aromatic N) is 2. The minimum atomic E-state index is -0.452. The van der Waals surface area contributed by atoms with Gasteiger partial charge in [-0.2, -0.15) is 0 Å². The number of likely N-dealkylation sites (tertiary alicyclic amines) is 1. The lowest BCUT2D eigenvalue weighted by Gasteiger charge is -2.27. The molecular weight excluding hydrogens is 373 g/mol. The molecule has 0 saturated carbocycles. The van der Waals surface area contributed by atoms with Crippen LogP contribution in [0.1, 0.15) is 44.0 Å². The summed E-state index contributed by atoms with van der Waals surface area (Å²) in [5, 5.41) is 3.77. The highest BCUT2D eigenvalue weighted by Crippen LogP contribution is 2.26. The Morgan fingerprint density at radius 1 is 1.35 bits per heavy atom. The van der Waals surface area contributed by atoms with Crippen molar-refractivity contribution in [3.8, 4) is 0 Å². The number of likely N-dealkylation sites (N-methyl/N-ethyl adjacent to an activating group) is 1. The van der Waals surface area contributed by atoms with Gasteiger partial charge in [0.15, 0.2) is 0 Å². The molecule has 1 aromatic carbocycles. The Kier molecular flexibility index (Phi) is 7.74. The van der Waals surface area contributed by atoms with Gasteiger partial charge in [0.05, 0.1) is 10.6 Å². The summed E-state index contributed by atoms with van der Waals surface area (Å²) in [4.78, 5) is 29.3. The summed E-state index contributed by atoms with van der Waals surface area (Å²) < 4.78 is 0. The van der Waals surface area contributed by atoms with Gasteiger partial charge in [0, 0.05) is 30.7 Å². The highest BCUT2D eigenvalue weighted by molar-refractivity contribution is 6.35. The summed E-state index contributed by atoms with van der Waals surface area (Å²) >= 11 is 12.1. The summed E-state index contributed by atoms with van der Waals surface area (Å²) in [7, 11) is 0. The normalized spacial score (nSPS) is 17.2. The molecule has 7 heteroatoms. The van der Waals surface area contributed by atoms with Gasteiger partial charge in [0.2, 0.25) is 5.91 Å². The molecule has 1 aromatic rings. The Morgan fingerprint density at radius 2 is 2.08 bits per heavy atom. The molecule has 1 aliphatic rings. The monoisotopic (exact) mass is 399 g/mol. The first-order valence-corrected chi connectivity index (χ1v) is 9.88. The van der Waals surface area contributed by atoms with Crippen LogP contribution in [-0.4, -0.2) is 59.9 Å². The van der Waals surface area contributed by atoms with E-state index in [0.29, 0.717) is 41.2 Å². The predicted molar refractivity (Wildman–Crippen MR) is 106 cm³/mol. The quantitative estimate of drug-likeness (QED) is 0.763. The first kappa shape index (κ1) is 21.0. The van der Waals surface area contributed by atoms with Crippen LogP contribution < -0.4 is 5.32 Å². The third-order valence-electron chi connectivity index (χ3n) is 4.81. The molecule has 144 valence electrons. The van der Waals surface area contributed by atoms with Gasteiger partial charge >= 0.3 is 0 Å². The van der Waals surface area contributed by atoms with Gasteiger partial charge in [-0.3, -0.25) is 14.5 Å². The van der Waals surface area contributed by atoms with Crippen LogP contribution in [-0.2, 0) is 4.79 Å². The lowest BCUT2D eigenvalue weighted by molar-refractivity contribution is -0.124. The summed E-state index contributed by atoms with van der Waals surface area (Å²) in [5.41, 5.74) is 0.343. The minimum absolute atomic E-state index is 0.103. The zero-order chi connectivity index (χ0) is 19.3. The molecule has 0 radical (unpaired) electrons. The number of hydrogen-bond donors (Lipinski definition) is 1. The van der Waals surface area contributed by atoms with Gasteiger partial charge in [-0.15, -0.1) is 0 Å². The number of benzene rings is 1. The SMILES string of the molecule is CCN(CCNC(=O)C1CCCN1C(=O)c1cc(Cl)ccc1Cl)C(C)C. The Bertz CT molecular complexity index is 652. The standard InChI is InChI=1S/C19H27Cl2N3O2/c1-4-23(13(2)3)11-9-22-18(25)17-6-5-10-24(17)19(26)15-12-14(20)7-8-16(15)21/h7-8,12-13,17H,4-6,9-11H2,1-3H3,(H,22,25). The Balaban J connectivity index is 1.99. The van der Waals surface area contributed by atoms with Crippen LogP contribution in [0.2, 0.25) is 10.0 Å². The maximum Gasteiger partial charge on any atom is 0.256 e. The fourth-order valence-electron chi connectivity index (χ4n) is 3.32.